The highest BCUT2D eigenvalue weighted by Gasteiger charge is 2.29. The molecule has 0 amide bonds. The van der Waals surface area contributed by atoms with Gasteiger partial charge in [0.15, 0.2) is 0 Å². The zero-order valence-electron chi connectivity index (χ0n) is 9.76. The molecule has 0 saturated carbocycles. The lowest BCUT2D eigenvalue weighted by molar-refractivity contribution is 0.418. The van der Waals surface area contributed by atoms with Crippen molar-refractivity contribution in [2.45, 2.75) is 26.1 Å². The van der Waals surface area contributed by atoms with Gasteiger partial charge in [-0.05, 0) is 35.6 Å². The van der Waals surface area contributed by atoms with E-state index in [1.165, 1.54) is 6.07 Å². The van der Waals surface area contributed by atoms with E-state index in [-0.39, 0.29) is 5.82 Å². The molecule has 1 aliphatic heterocycles. The average molecular weight is 242 g/mol. The molecule has 0 spiro atoms. The van der Waals surface area contributed by atoms with Gasteiger partial charge in [-0.2, -0.15) is 0 Å². The van der Waals surface area contributed by atoms with E-state index in [1.54, 1.807) is 6.07 Å². The zero-order chi connectivity index (χ0) is 11.8. The van der Waals surface area contributed by atoms with Gasteiger partial charge >= 0.3 is 0 Å². The molecule has 0 atom stereocenters. The van der Waals surface area contributed by atoms with E-state index in [0.717, 1.165) is 30.8 Å². The Morgan fingerprint density at radius 3 is 2.69 bits per heavy atom. The summed E-state index contributed by atoms with van der Waals surface area (Å²) in [6.07, 6.45) is 1.15. The molecule has 1 saturated heterocycles. The molecular weight excluding hydrogens is 225 g/mol. The first-order chi connectivity index (χ1) is 7.50. The van der Waals surface area contributed by atoms with Crippen LogP contribution in [0.1, 0.15) is 25.8 Å². The molecule has 0 radical (unpaired) electrons. The van der Waals surface area contributed by atoms with Gasteiger partial charge in [-0.15, -0.1) is 11.6 Å². The van der Waals surface area contributed by atoms with E-state index in [1.807, 2.05) is 6.07 Å². The highest BCUT2D eigenvalue weighted by Crippen LogP contribution is 2.33. The predicted octanol–water partition coefficient (Wildman–Crippen LogP) is 3.80. The van der Waals surface area contributed by atoms with Crippen LogP contribution in [0.5, 0.6) is 0 Å². The van der Waals surface area contributed by atoms with E-state index >= 15 is 0 Å². The van der Waals surface area contributed by atoms with Crippen LogP contribution < -0.4 is 4.90 Å². The van der Waals surface area contributed by atoms with E-state index in [2.05, 4.69) is 18.7 Å². The molecule has 0 unspecified atom stereocenters. The molecule has 3 heteroatoms. The molecular formula is C13H17ClFN. The van der Waals surface area contributed by atoms with E-state index in [4.69, 9.17) is 11.6 Å². The van der Waals surface area contributed by atoms with Crippen molar-refractivity contribution in [1.82, 2.24) is 0 Å². The summed E-state index contributed by atoms with van der Waals surface area (Å²) in [4.78, 5) is 2.24. The summed E-state index contributed by atoms with van der Waals surface area (Å²) in [5.41, 5.74) is 2.13. The standard InChI is InChI=1S/C13H17ClFN/c1-13(2)3-4-16(9-13)12-6-10(8-14)5-11(15)7-12/h5-7H,3-4,8-9H2,1-2H3. The molecule has 1 aromatic carbocycles. The first kappa shape index (κ1) is 11.7. The number of halogens is 2. The molecule has 1 aliphatic rings. The van der Waals surface area contributed by atoms with Crippen LogP contribution in [0.4, 0.5) is 10.1 Å². The van der Waals surface area contributed by atoms with Crippen LogP contribution in [0.15, 0.2) is 18.2 Å². The van der Waals surface area contributed by atoms with Crippen LogP contribution in [-0.4, -0.2) is 13.1 Å². The second-order valence-electron chi connectivity index (χ2n) is 5.29. The van der Waals surface area contributed by atoms with Crippen LogP contribution in [-0.2, 0) is 5.88 Å². The molecule has 88 valence electrons. The summed E-state index contributed by atoms with van der Waals surface area (Å²) in [6, 6.07) is 5.08. The first-order valence-corrected chi connectivity index (χ1v) is 6.14. The molecule has 1 heterocycles. The SMILES string of the molecule is CC1(C)CCN(c2cc(F)cc(CCl)c2)C1. The number of rotatable bonds is 2. The van der Waals surface area contributed by atoms with E-state index in [9.17, 15) is 4.39 Å². The smallest absolute Gasteiger partial charge is 0.125 e. The van der Waals surface area contributed by atoms with Gasteiger partial charge in [-0.25, -0.2) is 4.39 Å². The lowest BCUT2D eigenvalue weighted by Crippen LogP contribution is -2.22. The van der Waals surface area contributed by atoms with Gasteiger partial charge in [0.1, 0.15) is 5.82 Å². The second kappa shape index (κ2) is 4.25. The van der Waals surface area contributed by atoms with Gasteiger partial charge in [-0.1, -0.05) is 13.8 Å². The Morgan fingerprint density at radius 1 is 1.38 bits per heavy atom. The average Bonchev–Trinajstić information content (AvgIpc) is 2.58. The molecule has 16 heavy (non-hydrogen) atoms. The third kappa shape index (κ3) is 2.49. The highest BCUT2D eigenvalue weighted by molar-refractivity contribution is 6.17. The molecule has 0 aliphatic carbocycles. The van der Waals surface area contributed by atoms with Crippen molar-refractivity contribution in [3.63, 3.8) is 0 Å². The Bertz CT molecular complexity index is 390. The van der Waals surface area contributed by atoms with Gasteiger partial charge in [0, 0.05) is 24.7 Å². The summed E-state index contributed by atoms with van der Waals surface area (Å²) >= 11 is 5.75. The third-order valence-corrected chi connectivity index (χ3v) is 3.45. The highest BCUT2D eigenvalue weighted by atomic mass is 35.5. The molecule has 2 rings (SSSR count). The Labute approximate surface area is 101 Å². The summed E-state index contributed by atoms with van der Waals surface area (Å²) in [6.45, 7) is 6.47. The Kier molecular flexibility index (Phi) is 3.11. The minimum absolute atomic E-state index is 0.196. The van der Waals surface area contributed by atoms with Crippen LogP contribution in [0, 0.1) is 11.2 Å². The summed E-state index contributed by atoms with van der Waals surface area (Å²) < 4.78 is 13.4. The number of benzene rings is 1. The largest absolute Gasteiger partial charge is 0.371 e. The quantitative estimate of drug-likeness (QED) is 0.712. The van der Waals surface area contributed by atoms with Gasteiger partial charge in [0.2, 0.25) is 0 Å². The molecule has 1 aromatic rings. The Balaban J connectivity index is 2.24. The van der Waals surface area contributed by atoms with Crippen molar-refractivity contribution < 1.29 is 4.39 Å². The fraction of sp³-hybridized carbons (Fsp3) is 0.538. The Morgan fingerprint density at radius 2 is 2.12 bits per heavy atom. The van der Waals surface area contributed by atoms with Gasteiger partial charge in [0.05, 0.1) is 0 Å². The fourth-order valence-electron chi connectivity index (χ4n) is 2.23. The van der Waals surface area contributed by atoms with Crippen LogP contribution >= 0.6 is 11.6 Å². The van der Waals surface area contributed by atoms with Crippen molar-refractivity contribution in [1.29, 1.82) is 0 Å². The Hall–Kier alpha value is -0.760. The van der Waals surface area contributed by atoms with E-state index < -0.39 is 0 Å². The number of hydrogen-bond donors (Lipinski definition) is 0. The topological polar surface area (TPSA) is 3.24 Å². The lowest BCUT2D eigenvalue weighted by Gasteiger charge is -2.22. The van der Waals surface area contributed by atoms with Gasteiger partial charge in [-0.3, -0.25) is 0 Å². The molecule has 0 bridgehead atoms. The number of nitrogens with zero attached hydrogens (tertiary/aromatic N) is 1. The summed E-state index contributed by atoms with van der Waals surface area (Å²) in [5.74, 6) is 0.167. The molecule has 1 fully saturated rings. The van der Waals surface area contributed by atoms with Crippen molar-refractivity contribution in [3.8, 4) is 0 Å². The van der Waals surface area contributed by atoms with Crippen LogP contribution in [0.3, 0.4) is 0 Å². The maximum atomic E-state index is 13.4. The maximum Gasteiger partial charge on any atom is 0.125 e. The number of alkyl halides is 1. The minimum atomic E-state index is -0.196. The predicted molar refractivity (Wildman–Crippen MR) is 66.6 cm³/mol. The number of hydrogen-bond acceptors (Lipinski definition) is 1. The first-order valence-electron chi connectivity index (χ1n) is 5.61. The molecule has 0 N–H and O–H groups in total. The summed E-state index contributed by atoms with van der Waals surface area (Å²) in [7, 11) is 0. The van der Waals surface area contributed by atoms with Crippen LogP contribution in [0.2, 0.25) is 0 Å². The van der Waals surface area contributed by atoms with Crippen molar-refractivity contribution >= 4 is 17.3 Å². The molecule has 0 aromatic heterocycles. The fourth-order valence-corrected chi connectivity index (χ4v) is 2.38. The maximum absolute atomic E-state index is 13.4. The van der Waals surface area contributed by atoms with E-state index in [0.29, 0.717) is 11.3 Å². The van der Waals surface area contributed by atoms with Crippen LogP contribution in [0.25, 0.3) is 0 Å². The normalized spacial score (nSPS) is 19.1. The third-order valence-electron chi connectivity index (χ3n) is 3.14. The second-order valence-corrected chi connectivity index (χ2v) is 5.55. The lowest BCUT2D eigenvalue weighted by atomic mass is 9.93. The van der Waals surface area contributed by atoms with Gasteiger partial charge in [0.25, 0.3) is 0 Å². The van der Waals surface area contributed by atoms with Crippen molar-refractivity contribution in [2.75, 3.05) is 18.0 Å². The zero-order valence-corrected chi connectivity index (χ0v) is 10.5. The number of anilines is 1. The molecule has 1 nitrogen and oxygen atoms in total. The van der Waals surface area contributed by atoms with Crippen molar-refractivity contribution in [2.24, 2.45) is 5.41 Å². The monoisotopic (exact) mass is 241 g/mol. The van der Waals surface area contributed by atoms with Gasteiger partial charge < -0.3 is 4.90 Å². The minimum Gasteiger partial charge on any atom is -0.371 e. The summed E-state index contributed by atoms with van der Waals surface area (Å²) in [5, 5.41) is 0. The van der Waals surface area contributed by atoms with Crippen molar-refractivity contribution in [3.05, 3.63) is 29.6 Å².